The van der Waals surface area contributed by atoms with Gasteiger partial charge < -0.3 is 4.90 Å². The molecule has 2 heterocycles. The van der Waals surface area contributed by atoms with Crippen LogP contribution in [-0.2, 0) is 16.6 Å². The van der Waals surface area contributed by atoms with Gasteiger partial charge in [-0.25, -0.2) is 13.1 Å². The number of rotatable bonds is 7. The van der Waals surface area contributed by atoms with Gasteiger partial charge >= 0.3 is 4.87 Å². The van der Waals surface area contributed by atoms with Gasteiger partial charge in [0.2, 0.25) is 10.0 Å². The first-order chi connectivity index (χ1) is 17.7. The third-order valence-corrected chi connectivity index (χ3v) is 9.96. The molecule has 1 aliphatic rings. The van der Waals surface area contributed by atoms with Gasteiger partial charge in [-0.15, -0.1) is 0 Å². The number of hydrogen-bond acceptors (Lipinski definition) is 5. The molecule has 4 aromatic rings. The van der Waals surface area contributed by atoms with Crippen LogP contribution >= 0.6 is 22.9 Å². The third kappa shape index (κ3) is 5.62. The molecule has 5 rings (SSSR count). The van der Waals surface area contributed by atoms with Crippen LogP contribution in [0.25, 0.3) is 10.2 Å². The van der Waals surface area contributed by atoms with E-state index in [-0.39, 0.29) is 9.77 Å². The predicted octanol–water partition coefficient (Wildman–Crippen LogP) is 6.04. The van der Waals surface area contributed by atoms with Gasteiger partial charge in [-0.1, -0.05) is 60.2 Å². The average molecular weight is 556 g/mol. The number of nitrogens with one attached hydrogen (secondary N) is 1. The Labute approximate surface area is 226 Å². The fraction of sp³-hybridized carbons (Fsp3) is 0.321. The number of thiazole rings is 1. The lowest BCUT2D eigenvalue weighted by Gasteiger charge is -2.32. The first kappa shape index (κ1) is 26.0. The second-order valence-electron chi connectivity index (χ2n) is 9.78. The van der Waals surface area contributed by atoms with E-state index < -0.39 is 16.1 Å². The first-order valence-corrected chi connectivity index (χ1v) is 15.1. The molecule has 194 valence electrons. The van der Waals surface area contributed by atoms with Crippen molar-refractivity contribution in [3.63, 3.8) is 0 Å². The molecule has 37 heavy (non-hydrogen) atoms. The highest BCUT2D eigenvalue weighted by molar-refractivity contribution is 7.89. The zero-order valence-electron chi connectivity index (χ0n) is 20.9. The first-order valence-electron chi connectivity index (χ1n) is 12.5. The van der Waals surface area contributed by atoms with Gasteiger partial charge in [0.05, 0.1) is 21.7 Å². The lowest BCUT2D eigenvalue weighted by molar-refractivity contribution is 0.438. The molecule has 1 fully saturated rings. The summed E-state index contributed by atoms with van der Waals surface area (Å²) in [5.74, 6) is 0.770. The Morgan fingerprint density at radius 3 is 2.46 bits per heavy atom. The number of piperidine rings is 1. The minimum atomic E-state index is -3.79. The van der Waals surface area contributed by atoms with E-state index in [9.17, 15) is 13.2 Å². The van der Waals surface area contributed by atoms with Crippen molar-refractivity contribution in [2.24, 2.45) is 5.92 Å². The van der Waals surface area contributed by atoms with Gasteiger partial charge in [0.25, 0.3) is 0 Å². The third-order valence-electron chi connectivity index (χ3n) is 7.11. The molecule has 3 aromatic carbocycles. The Morgan fingerprint density at radius 2 is 1.76 bits per heavy atom. The fourth-order valence-electron chi connectivity index (χ4n) is 4.77. The second-order valence-corrected chi connectivity index (χ2v) is 12.9. The molecule has 1 aliphatic heterocycles. The van der Waals surface area contributed by atoms with Crippen LogP contribution in [0.1, 0.15) is 43.9 Å². The van der Waals surface area contributed by atoms with Gasteiger partial charge in [-0.2, -0.15) is 0 Å². The number of aromatic nitrogens is 1. The minimum absolute atomic E-state index is 0.136. The molecule has 9 heteroatoms. The minimum Gasteiger partial charge on any atom is -0.372 e. The number of anilines is 1. The quantitative estimate of drug-likeness (QED) is 0.302. The molecule has 0 saturated carbocycles. The van der Waals surface area contributed by atoms with E-state index in [0.717, 1.165) is 41.5 Å². The lowest BCUT2D eigenvalue weighted by atomic mass is 9.98. The summed E-state index contributed by atoms with van der Waals surface area (Å²) in [5.41, 5.74) is 3.59. The summed E-state index contributed by atoms with van der Waals surface area (Å²) >= 11 is 7.31. The van der Waals surface area contributed by atoms with Crippen LogP contribution in [0.3, 0.4) is 0 Å². The van der Waals surface area contributed by atoms with Crippen molar-refractivity contribution in [3.8, 4) is 0 Å². The van der Waals surface area contributed by atoms with Crippen LogP contribution in [0, 0.1) is 5.92 Å². The van der Waals surface area contributed by atoms with Crippen molar-refractivity contribution >= 4 is 48.9 Å². The van der Waals surface area contributed by atoms with E-state index in [1.165, 1.54) is 18.5 Å². The SMILES string of the molecule is CC1CCN(c2ccc([C@@H](C)NS(=O)(=O)c3ccc4c(c3)sc(=O)n4Cc3ccccc3Cl)cc2)CC1. The van der Waals surface area contributed by atoms with Gasteiger partial charge in [0, 0.05) is 29.8 Å². The monoisotopic (exact) mass is 555 g/mol. The Kier molecular flexibility index (Phi) is 7.45. The number of halogens is 1. The van der Waals surface area contributed by atoms with Crippen molar-refractivity contribution in [2.75, 3.05) is 18.0 Å². The zero-order chi connectivity index (χ0) is 26.2. The maximum atomic E-state index is 13.2. The Balaban J connectivity index is 1.33. The van der Waals surface area contributed by atoms with Crippen LogP contribution < -0.4 is 14.5 Å². The van der Waals surface area contributed by atoms with Gasteiger partial charge in [-0.05, 0) is 73.2 Å². The number of fused-ring (bicyclic) bond motifs is 1. The Bertz CT molecular complexity index is 1570. The highest BCUT2D eigenvalue weighted by Gasteiger charge is 2.21. The predicted molar refractivity (Wildman–Crippen MR) is 152 cm³/mol. The molecule has 0 bridgehead atoms. The molecule has 0 spiro atoms. The standard InChI is InChI=1S/C28H30ClN3O3S2/c1-19-13-15-31(16-14-19)23-9-7-21(8-10-23)20(2)30-37(34,35)24-11-12-26-27(17-24)36-28(33)32(26)18-22-5-3-4-6-25(22)29/h3-12,17,19-20,30H,13-16,18H2,1-2H3/t20-/m1/s1. The van der Waals surface area contributed by atoms with Crippen molar-refractivity contribution in [1.29, 1.82) is 0 Å². The highest BCUT2D eigenvalue weighted by atomic mass is 35.5. The second kappa shape index (κ2) is 10.6. The number of nitrogens with zero attached hydrogens (tertiary/aromatic N) is 2. The van der Waals surface area contributed by atoms with E-state index in [0.29, 0.717) is 21.8 Å². The number of sulfonamides is 1. The molecular weight excluding hydrogens is 526 g/mol. The summed E-state index contributed by atoms with van der Waals surface area (Å²) in [6.07, 6.45) is 2.39. The summed E-state index contributed by atoms with van der Waals surface area (Å²) in [4.78, 5) is 15.1. The van der Waals surface area contributed by atoms with E-state index in [2.05, 4.69) is 28.7 Å². The summed E-state index contributed by atoms with van der Waals surface area (Å²) in [6, 6.07) is 19.9. The zero-order valence-corrected chi connectivity index (χ0v) is 23.2. The summed E-state index contributed by atoms with van der Waals surface area (Å²) in [6.45, 7) is 6.57. The highest BCUT2D eigenvalue weighted by Crippen LogP contribution is 2.27. The topological polar surface area (TPSA) is 71.4 Å². The molecular formula is C28H30ClN3O3S2. The maximum absolute atomic E-state index is 13.2. The molecule has 0 radical (unpaired) electrons. The van der Waals surface area contributed by atoms with E-state index in [4.69, 9.17) is 11.6 Å². The van der Waals surface area contributed by atoms with Crippen LogP contribution in [0.5, 0.6) is 0 Å². The molecule has 0 amide bonds. The van der Waals surface area contributed by atoms with Crippen molar-refractivity contribution in [1.82, 2.24) is 9.29 Å². The average Bonchev–Trinajstić information content (AvgIpc) is 3.19. The summed E-state index contributed by atoms with van der Waals surface area (Å²) in [7, 11) is -3.79. The Hall–Kier alpha value is -2.65. The van der Waals surface area contributed by atoms with Crippen LogP contribution in [0.2, 0.25) is 5.02 Å². The van der Waals surface area contributed by atoms with E-state index in [1.54, 1.807) is 28.8 Å². The van der Waals surface area contributed by atoms with Gasteiger partial charge in [0.1, 0.15) is 0 Å². The smallest absolute Gasteiger partial charge is 0.308 e. The number of hydrogen-bond donors (Lipinski definition) is 1. The maximum Gasteiger partial charge on any atom is 0.308 e. The molecule has 6 nitrogen and oxygen atoms in total. The lowest BCUT2D eigenvalue weighted by Crippen LogP contribution is -2.32. The van der Waals surface area contributed by atoms with Crippen LogP contribution in [0.15, 0.2) is 76.4 Å². The van der Waals surface area contributed by atoms with Gasteiger partial charge in [0.15, 0.2) is 0 Å². The molecule has 1 aromatic heterocycles. The van der Waals surface area contributed by atoms with Crippen molar-refractivity contribution in [2.45, 2.75) is 44.2 Å². The van der Waals surface area contributed by atoms with Crippen molar-refractivity contribution < 1.29 is 8.42 Å². The van der Waals surface area contributed by atoms with Crippen LogP contribution in [0.4, 0.5) is 5.69 Å². The molecule has 0 aliphatic carbocycles. The molecule has 1 saturated heterocycles. The van der Waals surface area contributed by atoms with Crippen molar-refractivity contribution in [3.05, 3.63) is 92.5 Å². The van der Waals surface area contributed by atoms with E-state index in [1.807, 2.05) is 37.3 Å². The van der Waals surface area contributed by atoms with E-state index >= 15 is 0 Å². The Morgan fingerprint density at radius 1 is 1.05 bits per heavy atom. The largest absolute Gasteiger partial charge is 0.372 e. The molecule has 0 unspecified atom stereocenters. The molecule has 1 atom stereocenters. The van der Waals surface area contributed by atoms with Crippen LogP contribution in [-0.4, -0.2) is 26.1 Å². The fourth-order valence-corrected chi connectivity index (χ4v) is 7.23. The summed E-state index contributed by atoms with van der Waals surface area (Å²) < 4.78 is 31.5. The van der Waals surface area contributed by atoms with Gasteiger partial charge in [-0.3, -0.25) is 9.36 Å². The summed E-state index contributed by atoms with van der Waals surface area (Å²) in [5, 5.41) is 0.588. The number of benzene rings is 3. The normalized spacial score (nSPS) is 15.8. The molecule has 1 N–H and O–H groups in total.